The van der Waals surface area contributed by atoms with Crippen molar-refractivity contribution < 1.29 is 18.3 Å². The minimum Gasteiger partial charge on any atom is -0.390 e. The van der Waals surface area contributed by atoms with Gasteiger partial charge in [-0.15, -0.1) is 0 Å². The highest BCUT2D eigenvalue weighted by atomic mass is 19.4. The molecule has 1 fully saturated rings. The zero-order valence-corrected chi connectivity index (χ0v) is 8.56. The molecule has 1 nitrogen and oxygen atoms in total. The Morgan fingerprint density at radius 1 is 1.36 bits per heavy atom. The van der Waals surface area contributed by atoms with E-state index in [1.165, 1.54) is 0 Å². The number of hydrogen-bond donors (Lipinski definition) is 1. The largest absolute Gasteiger partial charge is 0.391 e. The van der Waals surface area contributed by atoms with E-state index in [2.05, 4.69) is 0 Å². The van der Waals surface area contributed by atoms with Crippen molar-refractivity contribution in [1.82, 2.24) is 0 Å². The van der Waals surface area contributed by atoms with E-state index in [1.807, 2.05) is 0 Å². The summed E-state index contributed by atoms with van der Waals surface area (Å²) in [6, 6.07) is 0. The van der Waals surface area contributed by atoms with Crippen LogP contribution in [-0.4, -0.2) is 16.9 Å². The summed E-state index contributed by atoms with van der Waals surface area (Å²) >= 11 is 0. The van der Waals surface area contributed by atoms with Crippen LogP contribution in [0.1, 0.15) is 39.5 Å². The lowest BCUT2D eigenvalue weighted by Crippen LogP contribution is -2.43. The molecule has 14 heavy (non-hydrogen) atoms. The molecule has 84 valence electrons. The molecular formula is C10H17F3O. The fourth-order valence-electron chi connectivity index (χ4n) is 2.09. The number of alkyl halides is 3. The van der Waals surface area contributed by atoms with Gasteiger partial charge < -0.3 is 5.11 Å². The first-order chi connectivity index (χ1) is 6.26. The smallest absolute Gasteiger partial charge is 0.390 e. The fourth-order valence-corrected chi connectivity index (χ4v) is 2.09. The van der Waals surface area contributed by atoms with Crippen molar-refractivity contribution in [2.24, 2.45) is 11.8 Å². The van der Waals surface area contributed by atoms with Gasteiger partial charge in [0, 0.05) is 0 Å². The molecule has 1 N–H and O–H groups in total. The lowest BCUT2D eigenvalue weighted by atomic mass is 9.72. The number of hydrogen-bond acceptors (Lipinski definition) is 1. The highest BCUT2D eigenvalue weighted by molar-refractivity contribution is 4.90. The predicted molar refractivity (Wildman–Crippen MR) is 47.8 cm³/mol. The van der Waals surface area contributed by atoms with Gasteiger partial charge >= 0.3 is 6.18 Å². The van der Waals surface area contributed by atoms with E-state index < -0.39 is 17.7 Å². The van der Waals surface area contributed by atoms with Crippen LogP contribution in [0.4, 0.5) is 13.2 Å². The Labute approximate surface area is 82.3 Å². The van der Waals surface area contributed by atoms with Crippen LogP contribution in [-0.2, 0) is 0 Å². The second-order valence-corrected chi connectivity index (χ2v) is 4.59. The summed E-state index contributed by atoms with van der Waals surface area (Å²) in [5, 5.41) is 9.98. The van der Waals surface area contributed by atoms with Gasteiger partial charge in [-0.2, -0.15) is 13.2 Å². The van der Waals surface area contributed by atoms with Gasteiger partial charge in [0.15, 0.2) is 0 Å². The molecule has 1 aliphatic rings. The van der Waals surface area contributed by atoms with E-state index in [0.29, 0.717) is 12.8 Å². The van der Waals surface area contributed by atoms with Crippen LogP contribution >= 0.6 is 0 Å². The van der Waals surface area contributed by atoms with Crippen LogP contribution in [0.25, 0.3) is 0 Å². The van der Waals surface area contributed by atoms with Crippen molar-refractivity contribution in [1.29, 1.82) is 0 Å². The lowest BCUT2D eigenvalue weighted by Gasteiger charge is -2.40. The highest BCUT2D eigenvalue weighted by Gasteiger charge is 2.47. The zero-order chi connectivity index (χ0) is 11.0. The summed E-state index contributed by atoms with van der Waals surface area (Å²) in [4.78, 5) is 0. The maximum atomic E-state index is 12.4. The number of halogens is 3. The van der Waals surface area contributed by atoms with Gasteiger partial charge in [0.2, 0.25) is 0 Å². The van der Waals surface area contributed by atoms with Crippen LogP contribution in [0.5, 0.6) is 0 Å². The molecule has 1 saturated carbocycles. The SMILES string of the molecule is CC(C)C1(O)CCCC(C(F)(F)F)C1. The molecule has 2 atom stereocenters. The van der Waals surface area contributed by atoms with Gasteiger partial charge in [-0.1, -0.05) is 13.8 Å². The van der Waals surface area contributed by atoms with Crippen LogP contribution in [0.3, 0.4) is 0 Å². The van der Waals surface area contributed by atoms with Crippen LogP contribution in [0.2, 0.25) is 0 Å². The van der Waals surface area contributed by atoms with Crippen molar-refractivity contribution in [3.05, 3.63) is 0 Å². The first-order valence-corrected chi connectivity index (χ1v) is 5.05. The standard InChI is InChI=1S/C10H17F3O/c1-7(2)9(14)5-3-4-8(6-9)10(11,12)13/h7-8,14H,3-6H2,1-2H3. The van der Waals surface area contributed by atoms with Gasteiger partial charge in [0.1, 0.15) is 0 Å². The monoisotopic (exact) mass is 210 g/mol. The van der Waals surface area contributed by atoms with Crippen molar-refractivity contribution in [3.8, 4) is 0 Å². The van der Waals surface area contributed by atoms with Gasteiger partial charge in [0.05, 0.1) is 11.5 Å². The molecule has 0 heterocycles. The first kappa shape index (κ1) is 11.8. The lowest BCUT2D eigenvalue weighted by molar-refractivity contribution is -0.205. The summed E-state index contributed by atoms with van der Waals surface area (Å²) in [7, 11) is 0. The molecule has 0 aliphatic heterocycles. The quantitative estimate of drug-likeness (QED) is 0.705. The summed E-state index contributed by atoms with van der Waals surface area (Å²) in [5.74, 6) is -1.42. The number of rotatable bonds is 1. The Morgan fingerprint density at radius 2 is 1.93 bits per heavy atom. The van der Waals surface area contributed by atoms with Crippen molar-refractivity contribution in [2.75, 3.05) is 0 Å². The Balaban J connectivity index is 2.69. The van der Waals surface area contributed by atoms with E-state index in [1.54, 1.807) is 13.8 Å². The molecule has 0 radical (unpaired) electrons. The summed E-state index contributed by atoms with van der Waals surface area (Å²) in [6.45, 7) is 3.55. The Hall–Kier alpha value is -0.250. The third-order valence-electron chi connectivity index (χ3n) is 3.30. The highest BCUT2D eigenvalue weighted by Crippen LogP contribution is 2.44. The van der Waals surface area contributed by atoms with Crippen LogP contribution < -0.4 is 0 Å². The molecule has 4 heteroatoms. The molecule has 0 spiro atoms. The molecule has 2 unspecified atom stereocenters. The number of aliphatic hydroxyl groups is 1. The topological polar surface area (TPSA) is 20.2 Å². The van der Waals surface area contributed by atoms with Crippen LogP contribution in [0, 0.1) is 11.8 Å². The van der Waals surface area contributed by atoms with E-state index in [9.17, 15) is 18.3 Å². The molecule has 1 rings (SSSR count). The summed E-state index contributed by atoms with van der Waals surface area (Å²) in [6.07, 6.45) is -3.15. The molecule has 1 aliphatic carbocycles. The average Bonchev–Trinajstić information content (AvgIpc) is 2.02. The molecule has 0 amide bonds. The average molecular weight is 210 g/mol. The third-order valence-corrected chi connectivity index (χ3v) is 3.30. The summed E-state index contributed by atoms with van der Waals surface area (Å²) in [5.41, 5.74) is -1.11. The van der Waals surface area contributed by atoms with Crippen molar-refractivity contribution in [3.63, 3.8) is 0 Å². The van der Waals surface area contributed by atoms with Crippen molar-refractivity contribution in [2.45, 2.75) is 51.3 Å². The maximum Gasteiger partial charge on any atom is 0.391 e. The van der Waals surface area contributed by atoms with Gasteiger partial charge in [-0.3, -0.25) is 0 Å². The van der Waals surface area contributed by atoms with Crippen molar-refractivity contribution >= 4 is 0 Å². The molecule has 0 aromatic rings. The third kappa shape index (κ3) is 2.41. The Kier molecular flexibility index (Phi) is 3.14. The zero-order valence-electron chi connectivity index (χ0n) is 8.56. The van der Waals surface area contributed by atoms with Crippen LogP contribution in [0.15, 0.2) is 0 Å². The van der Waals surface area contributed by atoms with E-state index in [-0.39, 0.29) is 18.8 Å². The summed E-state index contributed by atoms with van der Waals surface area (Å²) < 4.78 is 37.3. The molecule has 0 aromatic carbocycles. The van der Waals surface area contributed by atoms with Gasteiger partial charge in [-0.05, 0) is 31.6 Å². The molecular weight excluding hydrogens is 193 g/mol. The molecule has 0 bridgehead atoms. The predicted octanol–water partition coefficient (Wildman–Crippen LogP) is 3.13. The van der Waals surface area contributed by atoms with E-state index in [4.69, 9.17) is 0 Å². The molecule has 0 saturated heterocycles. The van der Waals surface area contributed by atoms with E-state index >= 15 is 0 Å². The maximum absolute atomic E-state index is 12.4. The minimum absolute atomic E-state index is 0.104. The van der Waals surface area contributed by atoms with Gasteiger partial charge in [0.25, 0.3) is 0 Å². The Morgan fingerprint density at radius 3 is 2.36 bits per heavy atom. The minimum atomic E-state index is -4.15. The fraction of sp³-hybridized carbons (Fsp3) is 1.00. The Bertz CT molecular complexity index is 200. The second-order valence-electron chi connectivity index (χ2n) is 4.59. The normalized spacial score (nSPS) is 34.9. The van der Waals surface area contributed by atoms with E-state index in [0.717, 1.165) is 0 Å². The first-order valence-electron chi connectivity index (χ1n) is 5.05. The second kappa shape index (κ2) is 3.72. The molecule has 0 aromatic heterocycles. The van der Waals surface area contributed by atoms with Gasteiger partial charge in [-0.25, -0.2) is 0 Å².